The molecular formula is C15H17N2O2. The molecule has 0 unspecified atom stereocenters. The zero-order valence-corrected chi connectivity index (χ0v) is 11.0. The number of carbonyl (C=O) groups is 1. The first kappa shape index (κ1) is 12.1. The fourth-order valence-electron chi connectivity index (χ4n) is 2.61. The van der Waals surface area contributed by atoms with Crippen LogP contribution in [0.1, 0.15) is 24.8 Å². The summed E-state index contributed by atoms with van der Waals surface area (Å²) in [5, 5.41) is 1.15. The van der Waals surface area contributed by atoms with E-state index in [2.05, 4.69) is 4.98 Å². The van der Waals surface area contributed by atoms with Crippen molar-refractivity contribution < 1.29 is 9.53 Å². The van der Waals surface area contributed by atoms with Gasteiger partial charge in [0.25, 0.3) is 0 Å². The first-order valence-corrected chi connectivity index (χ1v) is 6.55. The average molecular weight is 257 g/mol. The Labute approximate surface area is 111 Å². The van der Waals surface area contributed by atoms with Crippen molar-refractivity contribution >= 4 is 16.8 Å². The number of aromatic nitrogens is 1. The number of H-pyrrole nitrogens is 1. The highest BCUT2D eigenvalue weighted by Crippen LogP contribution is 2.49. The monoisotopic (exact) mass is 257 g/mol. The maximum atomic E-state index is 11.3. The van der Waals surface area contributed by atoms with Gasteiger partial charge in [0, 0.05) is 17.1 Å². The van der Waals surface area contributed by atoms with E-state index < -0.39 is 5.91 Å². The van der Waals surface area contributed by atoms with Gasteiger partial charge in [0.1, 0.15) is 5.75 Å². The molecule has 1 fully saturated rings. The van der Waals surface area contributed by atoms with Crippen LogP contribution in [0.4, 0.5) is 0 Å². The van der Waals surface area contributed by atoms with Crippen LogP contribution in [0.25, 0.3) is 10.9 Å². The van der Waals surface area contributed by atoms with Gasteiger partial charge in [0.2, 0.25) is 5.91 Å². The molecule has 19 heavy (non-hydrogen) atoms. The molecule has 1 aromatic carbocycles. The number of rotatable bonds is 5. The fraction of sp³-hybridized carbons (Fsp3) is 0.400. The molecule has 1 radical (unpaired) electrons. The van der Waals surface area contributed by atoms with E-state index in [1.807, 2.05) is 24.4 Å². The predicted molar refractivity (Wildman–Crippen MR) is 72.9 cm³/mol. The van der Waals surface area contributed by atoms with E-state index in [4.69, 9.17) is 10.5 Å². The Morgan fingerprint density at radius 1 is 1.47 bits per heavy atom. The van der Waals surface area contributed by atoms with Crippen molar-refractivity contribution in [2.45, 2.75) is 25.7 Å². The molecule has 1 aliphatic rings. The summed E-state index contributed by atoms with van der Waals surface area (Å²) < 4.78 is 5.24. The lowest BCUT2D eigenvalue weighted by molar-refractivity contribution is -0.123. The number of nitrogens with one attached hydrogen (secondary N) is 2. The Morgan fingerprint density at radius 3 is 2.89 bits per heavy atom. The molecule has 3 rings (SSSR count). The van der Waals surface area contributed by atoms with Crippen LogP contribution >= 0.6 is 0 Å². The van der Waals surface area contributed by atoms with Crippen LogP contribution in [0.15, 0.2) is 24.4 Å². The summed E-state index contributed by atoms with van der Waals surface area (Å²) in [6, 6.07) is 5.95. The highest BCUT2D eigenvalue weighted by atomic mass is 16.5. The molecule has 0 bridgehead atoms. The summed E-state index contributed by atoms with van der Waals surface area (Å²) in [7, 11) is 1.66. The minimum absolute atomic E-state index is 0.345. The van der Waals surface area contributed by atoms with Gasteiger partial charge in [0.15, 0.2) is 0 Å². The van der Waals surface area contributed by atoms with Gasteiger partial charge in [-0.25, -0.2) is 0 Å². The van der Waals surface area contributed by atoms with E-state index in [-0.39, 0.29) is 5.41 Å². The number of aryl methyl sites for hydroxylation is 1. The van der Waals surface area contributed by atoms with E-state index in [1.165, 1.54) is 5.56 Å². The van der Waals surface area contributed by atoms with Crippen LogP contribution in [0.2, 0.25) is 0 Å². The molecule has 0 spiro atoms. The Bertz CT molecular complexity index is 626. The Morgan fingerprint density at radius 2 is 2.26 bits per heavy atom. The Kier molecular flexibility index (Phi) is 2.73. The standard InChI is InChI=1S/C15H17N2O2/c1-19-11-2-3-13-12(8-11)10(9-17-13)4-5-15(6-7-15)14(16)18/h2-3,8-9,16-17H,4-7H2,1H3. The van der Waals surface area contributed by atoms with Gasteiger partial charge in [0.05, 0.1) is 12.5 Å². The lowest BCUT2D eigenvalue weighted by Crippen LogP contribution is -2.17. The number of methoxy groups -OCH3 is 1. The zero-order valence-electron chi connectivity index (χ0n) is 11.0. The summed E-state index contributed by atoms with van der Waals surface area (Å²) in [5.41, 5.74) is 9.26. The molecule has 0 saturated heterocycles. The highest BCUT2D eigenvalue weighted by molar-refractivity contribution is 5.85. The van der Waals surface area contributed by atoms with Crippen LogP contribution in [0, 0.1) is 5.41 Å². The molecule has 0 aliphatic heterocycles. The van der Waals surface area contributed by atoms with Gasteiger partial charge in [-0.1, -0.05) is 0 Å². The molecule has 99 valence electrons. The molecule has 1 amide bonds. The second-order valence-corrected chi connectivity index (χ2v) is 5.33. The van der Waals surface area contributed by atoms with Crippen molar-refractivity contribution in [1.82, 2.24) is 10.7 Å². The van der Waals surface area contributed by atoms with Crippen LogP contribution in [-0.2, 0) is 11.2 Å². The minimum atomic E-state index is -0.398. The molecule has 1 aromatic heterocycles. The van der Waals surface area contributed by atoms with Crippen LogP contribution in [0.5, 0.6) is 5.75 Å². The van der Waals surface area contributed by atoms with Crippen LogP contribution in [0.3, 0.4) is 0 Å². The van der Waals surface area contributed by atoms with Gasteiger partial charge in [-0.3, -0.25) is 10.5 Å². The number of hydrogen-bond donors (Lipinski definition) is 1. The van der Waals surface area contributed by atoms with Crippen LogP contribution < -0.4 is 10.5 Å². The Hall–Kier alpha value is -1.97. The second-order valence-electron chi connectivity index (χ2n) is 5.33. The summed E-state index contributed by atoms with van der Waals surface area (Å²) in [5.74, 6) is 0.441. The van der Waals surface area contributed by atoms with Crippen molar-refractivity contribution in [1.29, 1.82) is 0 Å². The molecule has 4 heteroatoms. The number of amides is 1. The largest absolute Gasteiger partial charge is 0.497 e. The van der Waals surface area contributed by atoms with Gasteiger partial charge in [-0.15, -0.1) is 0 Å². The van der Waals surface area contributed by atoms with Gasteiger partial charge >= 0.3 is 0 Å². The summed E-state index contributed by atoms with van der Waals surface area (Å²) in [4.78, 5) is 14.5. The van der Waals surface area contributed by atoms with Gasteiger partial charge in [-0.2, -0.15) is 0 Å². The predicted octanol–water partition coefficient (Wildman–Crippen LogP) is 2.70. The average Bonchev–Trinajstić information content (AvgIpc) is 3.11. The first-order chi connectivity index (χ1) is 9.14. The lowest BCUT2D eigenvalue weighted by atomic mass is 9.96. The highest BCUT2D eigenvalue weighted by Gasteiger charge is 2.48. The summed E-state index contributed by atoms with van der Waals surface area (Å²) >= 11 is 0. The minimum Gasteiger partial charge on any atom is -0.497 e. The van der Waals surface area contributed by atoms with E-state index in [0.717, 1.165) is 42.3 Å². The van der Waals surface area contributed by atoms with Gasteiger partial charge < -0.3 is 9.72 Å². The number of aromatic amines is 1. The van der Waals surface area contributed by atoms with Crippen molar-refractivity contribution in [2.75, 3.05) is 7.11 Å². The molecule has 0 atom stereocenters. The van der Waals surface area contributed by atoms with Crippen molar-refractivity contribution in [3.63, 3.8) is 0 Å². The van der Waals surface area contributed by atoms with E-state index >= 15 is 0 Å². The molecular weight excluding hydrogens is 240 g/mol. The third-order valence-electron chi connectivity index (χ3n) is 4.18. The summed E-state index contributed by atoms with van der Waals surface area (Å²) in [6.07, 6.45) is 5.36. The molecule has 1 heterocycles. The lowest BCUT2D eigenvalue weighted by Gasteiger charge is -2.09. The van der Waals surface area contributed by atoms with Crippen LogP contribution in [-0.4, -0.2) is 18.0 Å². The second kappa shape index (κ2) is 4.30. The molecule has 4 nitrogen and oxygen atoms in total. The molecule has 1 aliphatic carbocycles. The normalized spacial score (nSPS) is 16.5. The first-order valence-electron chi connectivity index (χ1n) is 6.55. The smallest absolute Gasteiger partial charge is 0.244 e. The van der Waals surface area contributed by atoms with Gasteiger partial charge in [-0.05, 0) is 49.4 Å². The quantitative estimate of drug-likeness (QED) is 0.894. The van der Waals surface area contributed by atoms with Crippen molar-refractivity contribution in [3.8, 4) is 5.75 Å². The zero-order chi connectivity index (χ0) is 13.5. The number of fused-ring (bicyclic) bond motifs is 1. The number of ether oxygens (including phenoxy) is 1. The van der Waals surface area contributed by atoms with E-state index in [1.54, 1.807) is 7.11 Å². The van der Waals surface area contributed by atoms with Crippen molar-refractivity contribution in [2.24, 2.45) is 5.41 Å². The molecule has 2 N–H and O–H groups in total. The van der Waals surface area contributed by atoms with Crippen molar-refractivity contribution in [3.05, 3.63) is 30.0 Å². The van der Waals surface area contributed by atoms with E-state index in [0.29, 0.717) is 0 Å². The Balaban J connectivity index is 1.83. The number of benzene rings is 1. The maximum absolute atomic E-state index is 11.3. The number of carbonyl (C=O) groups excluding carboxylic acids is 1. The number of hydrogen-bond acceptors (Lipinski definition) is 2. The molecule has 1 saturated carbocycles. The third-order valence-corrected chi connectivity index (χ3v) is 4.18. The third kappa shape index (κ3) is 2.07. The SMILES string of the molecule is COc1ccc2[nH]cc(CCC3(C([NH])=O)CC3)c2c1. The van der Waals surface area contributed by atoms with E-state index in [9.17, 15) is 4.79 Å². The summed E-state index contributed by atoms with van der Waals surface area (Å²) in [6.45, 7) is 0. The molecule has 2 aromatic rings. The fourth-order valence-corrected chi connectivity index (χ4v) is 2.61. The topological polar surface area (TPSA) is 65.9 Å². The maximum Gasteiger partial charge on any atom is 0.244 e.